The molecule has 26 heteroatoms. The number of hydrogen-bond acceptors (Lipinski definition) is 1. The highest BCUT2D eigenvalue weighted by molar-refractivity contribution is 5.21. The van der Waals surface area contributed by atoms with Gasteiger partial charge in [-0.05, 0) is 0 Å². The number of rotatable bonds is 11. The van der Waals surface area contributed by atoms with Gasteiger partial charge in [0.2, 0.25) is 0 Å². The molecule has 0 bridgehead atoms. The van der Waals surface area contributed by atoms with Crippen molar-refractivity contribution >= 4 is 0 Å². The van der Waals surface area contributed by atoms with E-state index in [2.05, 4.69) is 4.74 Å². The van der Waals surface area contributed by atoms with Crippen LogP contribution < -0.4 is 0 Å². The predicted molar refractivity (Wildman–Crippen MR) is 76.7 cm³/mol. The van der Waals surface area contributed by atoms with Crippen LogP contribution in [0.2, 0.25) is 0 Å². The molecule has 0 heterocycles. The van der Waals surface area contributed by atoms with E-state index >= 15 is 0 Å². The molecule has 0 aromatic heterocycles. The van der Waals surface area contributed by atoms with Crippen molar-refractivity contribution in [2.24, 2.45) is 5.41 Å². The third kappa shape index (κ3) is 4.80. The smallest absolute Gasteiger partial charge is 0.384 e. The van der Waals surface area contributed by atoms with Crippen LogP contribution in [0.25, 0.3) is 0 Å². The fourth-order valence-electron chi connectivity index (χ4n) is 2.85. The van der Waals surface area contributed by atoms with Gasteiger partial charge in [-0.3, -0.25) is 0 Å². The van der Waals surface area contributed by atoms with Gasteiger partial charge in [-0.2, -0.15) is 110 Å². The lowest BCUT2D eigenvalue weighted by molar-refractivity contribution is -0.520. The van der Waals surface area contributed by atoms with Crippen molar-refractivity contribution in [1.29, 1.82) is 0 Å². The molecule has 0 fully saturated rings. The molecule has 0 aromatic rings. The second-order valence-corrected chi connectivity index (χ2v) is 7.71. The number of ether oxygens (including phenoxy) is 1. The van der Waals surface area contributed by atoms with Crippen molar-refractivity contribution in [2.75, 3.05) is 13.7 Å². The maximum Gasteiger partial charge on any atom is 0.418 e. The van der Waals surface area contributed by atoms with Gasteiger partial charge in [0.1, 0.15) is 0 Å². The molecule has 0 aliphatic heterocycles. The molecule has 0 aromatic carbocycles. The van der Waals surface area contributed by atoms with Crippen LogP contribution in [0.1, 0.15) is 6.42 Å². The SMILES string of the molecule is COCCC(F)(F)C(F)(F)C(F)(F)C(F)(F)C(F)(F)C(F)(F)C(F)(F)C(F)(F)C(C(F)(F)F)(C(F)(F)F)C(F)(F)F. The third-order valence-corrected chi connectivity index (χ3v) is 5.19. The number of methoxy groups -OCH3 is 1. The van der Waals surface area contributed by atoms with E-state index in [-0.39, 0.29) is 0 Å². The first kappa shape index (κ1) is 39.2. The van der Waals surface area contributed by atoms with Gasteiger partial charge in [0.15, 0.2) is 0 Å². The third-order valence-electron chi connectivity index (χ3n) is 5.19. The summed E-state index contributed by atoms with van der Waals surface area (Å²) in [6.07, 6.45) is -30.0. The normalized spacial score (nSPS) is 16.8. The minimum Gasteiger partial charge on any atom is -0.384 e. The Kier molecular flexibility index (Phi) is 9.44. The van der Waals surface area contributed by atoms with E-state index in [1.165, 1.54) is 0 Å². The molecule has 248 valence electrons. The van der Waals surface area contributed by atoms with Gasteiger partial charge in [-0.15, -0.1) is 0 Å². The molecule has 1 nitrogen and oxygen atoms in total. The van der Waals surface area contributed by atoms with Crippen LogP contribution in [-0.4, -0.2) is 79.6 Å². The molecule has 0 saturated heterocycles. The summed E-state index contributed by atoms with van der Waals surface area (Å²) in [5.74, 6) is -72.1. The summed E-state index contributed by atoms with van der Waals surface area (Å²) < 4.78 is 337. The molecule has 0 N–H and O–H groups in total. The maximum absolute atomic E-state index is 13.8. The first-order valence-corrected chi connectivity index (χ1v) is 9.03. The molecular weight excluding hydrogens is 671 g/mol. The second-order valence-electron chi connectivity index (χ2n) is 7.71. The highest BCUT2D eigenvalue weighted by Gasteiger charge is 3.03. The van der Waals surface area contributed by atoms with Crippen LogP contribution in [0.4, 0.5) is 110 Å². The average Bonchev–Trinajstić information content (AvgIpc) is 2.67. The van der Waals surface area contributed by atoms with Gasteiger partial charge in [0.25, 0.3) is 0 Å². The van der Waals surface area contributed by atoms with E-state index in [9.17, 15) is 110 Å². The Labute approximate surface area is 207 Å². The summed E-state index contributed by atoms with van der Waals surface area (Å²) in [6.45, 7) is -1.88. The van der Waals surface area contributed by atoms with Crippen LogP contribution in [0, 0.1) is 5.41 Å². The summed E-state index contributed by atoms with van der Waals surface area (Å²) in [4.78, 5) is 0. The molecule has 0 saturated carbocycles. The topological polar surface area (TPSA) is 9.23 Å². The van der Waals surface area contributed by atoms with Gasteiger partial charge in [0, 0.05) is 13.5 Å². The number of halogens is 25. The Balaban J connectivity index is 7.67. The molecule has 0 aliphatic rings. The fraction of sp³-hybridized carbons (Fsp3) is 1.00. The molecule has 0 rings (SSSR count). The zero-order valence-corrected chi connectivity index (χ0v) is 18.3. The zero-order valence-electron chi connectivity index (χ0n) is 18.3. The fourth-order valence-corrected chi connectivity index (χ4v) is 2.85. The molecule has 0 spiro atoms. The highest BCUT2D eigenvalue weighted by atomic mass is 19.4. The van der Waals surface area contributed by atoms with Crippen LogP contribution in [0.5, 0.6) is 0 Å². The summed E-state index contributed by atoms with van der Waals surface area (Å²) in [5, 5.41) is 0. The number of hydrogen-bond donors (Lipinski definition) is 0. The van der Waals surface area contributed by atoms with E-state index in [1.807, 2.05) is 0 Å². The van der Waals surface area contributed by atoms with Crippen molar-refractivity contribution in [2.45, 2.75) is 72.3 Å². The lowest BCUT2D eigenvalue weighted by atomic mass is 9.72. The van der Waals surface area contributed by atoms with Gasteiger partial charge < -0.3 is 4.74 Å². The minimum absolute atomic E-state index is 0.306. The minimum atomic E-state index is -9.86. The zero-order chi connectivity index (χ0) is 34.1. The molecule has 41 heavy (non-hydrogen) atoms. The van der Waals surface area contributed by atoms with E-state index in [4.69, 9.17) is 0 Å². The molecule has 0 atom stereocenters. The van der Waals surface area contributed by atoms with Crippen LogP contribution in [0.15, 0.2) is 0 Å². The van der Waals surface area contributed by atoms with Crippen LogP contribution in [0.3, 0.4) is 0 Å². The Bertz CT molecular complexity index is 881. The van der Waals surface area contributed by atoms with E-state index in [0.717, 1.165) is 0 Å². The monoisotopic (exact) mass is 678 g/mol. The molecule has 0 radical (unpaired) electrons. The van der Waals surface area contributed by atoms with E-state index < -0.39 is 84.4 Å². The lowest BCUT2D eigenvalue weighted by Gasteiger charge is -2.48. The van der Waals surface area contributed by atoms with Gasteiger partial charge in [0.05, 0.1) is 6.61 Å². The van der Waals surface area contributed by atoms with Crippen LogP contribution >= 0.6 is 0 Å². The quantitative estimate of drug-likeness (QED) is 0.199. The summed E-state index contributed by atoms with van der Waals surface area (Å²) >= 11 is 0. The first-order valence-electron chi connectivity index (χ1n) is 9.03. The first-order chi connectivity index (χ1) is 17.3. The average molecular weight is 678 g/mol. The molecule has 0 aliphatic carbocycles. The highest BCUT2D eigenvalue weighted by Crippen LogP contribution is 2.73. The molecular formula is C15H7F25O. The Morgan fingerprint density at radius 3 is 0.780 bits per heavy atom. The molecule has 0 amide bonds. The van der Waals surface area contributed by atoms with Gasteiger partial charge in [-0.25, -0.2) is 0 Å². The Morgan fingerprint density at radius 1 is 0.341 bits per heavy atom. The summed E-state index contributed by atoms with van der Waals surface area (Å²) in [7, 11) is 0.306. The van der Waals surface area contributed by atoms with Crippen molar-refractivity contribution in [3.63, 3.8) is 0 Å². The van der Waals surface area contributed by atoms with E-state index in [1.54, 1.807) is 0 Å². The Hall–Kier alpha value is -1.79. The summed E-state index contributed by atoms with van der Waals surface area (Å²) in [5.41, 5.74) is -9.57. The van der Waals surface area contributed by atoms with E-state index in [0.29, 0.717) is 7.11 Å². The van der Waals surface area contributed by atoms with Gasteiger partial charge >= 0.3 is 71.3 Å². The number of alkyl halides is 25. The van der Waals surface area contributed by atoms with Crippen LogP contribution in [-0.2, 0) is 4.74 Å². The maximum atomic E-state index is 13.8. The van der Waals surface area contributed by atoms with Crippen molar-refractivity contribution in [1.82, 2.24) is 0 Å². The van der Waals surface area contributed by atoms with Gasteiger partial charge in [-0.1, -0.05) is 0 Å². The van der Waals surface area contributed by atoms with Crippen molar-refractivity contribution in [3.05, 3.63) is 0 Å². The molecule has 0 unspecified atom stereocenters. The van der Waals surface area contributed by atoms with Crippen molar-refractivity contribution < 1.29 is 114 Å². The lowest BCUT2D eigenvalue weighted by Crippen LogP contribution is -2.80. The second kappa shape index (κ2) is 9.87. The standard InChI is InChI=1S/C15H7F25O/c1-41-3-2-4(16,17)6(18,19)8(22,23)10(26,27)12(30,31)11(28,29)9(24,25)7(20,21)5(13(32,33)34,14(35,36)37)15(38,39)40/h2-3H2,1H3. The van der Waals surface area contributed by atoms with Crippen molar-refractivity contribution in [3.8, 4) is 0 Å². The predicted octanol–water partition coefficient (Wildman–Crippen LogP) is 8.78. The Morgan fingerprint density at radius 2 is 0.561 bits per heavy atom. The largest absolute Gasteiger partial charge is 0.418 e. The summed E-state index contributed by atoms with van der Waals surface area (Å²) in [6, 6.07) is 0.